The van der Waals surface area contributed by atoms with Gasteiger partial charge in [0.1, 0.15) is 13.2 Å². The number of esters is 3. The van der Waals surface area contributed by atoms with E-state index in [0.29, 0.717) is 19.3 Å². The van der Waals surface area contributed by atoms with Crippen LogP contribution in [-0.2, 0) is 28.6 Å². The van der Waals surface area contributed by atoms with Crippen molar-refractivity contribution < 1.29 is 28.6 Å². The number of rotatable bonds is 60. The van der Waals surface area contributed by atoms with Gasteiger partial charge < -0.3 is 14.2 Å². The van der Waals surface area contributed by atoms with Gasteiger partial charge in [-0.05, 0) is 83.5 Å². The highest BCUT2D eigenvalue weighted by atomic mass is 16.6. The van der Waals surface area contributed by atoms with Crippen LogP contribution in [0.5, 0.6) is 0 Å². The van der Waals surface area contributed by atoms with Gasteiger partial charge in [-0.2, -0.15) is 0 Å². The number of carbonyl (C=O) groups is 3. The molecule has 0 amide bonds. The van der Waals surface area contributed by atoms with Crippen LogP contribution in [0.3, 0.4) is 0 Å². The lowest BCUT2D eigenvalue weighted by atomic mass is 10.0. The van der Waals surface area contributed by atoms with Crippen LogP contribution < -0.4 is 0 Å². The topological polar surface area (TPSA) is 78.9 Å². The summed E-state index contributed by atoms with van der Waals surface area (Å²) in [6.45, 7) is 6.54. The van der Waals surface area contributed by atoms with Crippen molar-refractivity contribution in [1.29, 1.82) is 0 Å². The normalized spacial score (nSPS) is 12.4. The SMILES string of the molecule is CC/C=C\C/C=C\C/C=C\C/C=C\CCCCCCCCCCCCCCCCCCCCC(=O)OCC(COC(=O)CCCCCCCCCC)OC(=O)CCCCCCCCC/C=C\CCCCCCCCC. The largest absolute Gasteiger partial charge is 0.462 e. The minimum atomic E-state index is -0.771. The highest BCUT2D eigenvalue weighted by Gasteiger charge is 2.19. The first kappa shape index (κ1) is 72.1. The van der Waals surface area contributed by atoms with Crippen LogP contribution >= 0.6 is 0 Å². The van der Waals surface area contributed by atoms with Gasteiger partial charge in [0.2, 0.25) is 0 Å². The Labute approximate surface area is 466 Å². The molecule has 0 heterocycles. The van der Waals surface area contributed by atoms with Gasteiger partial charge in [0.25, 0.3) is 0 Å². The molecule has 0 N–H and O–H groups in total. The van der Waals surface area contributed by atoms with E-state index in [1.807, 2.05) is 0 Å². The highest BCUT2D eigenvalue weighted by Crippen LogP contribution is 2.17. The van der Waals surface area contributed by atoms with E-state index in [4.69, 9.17) is 14.2 Å². The van der Waals surface area contributed by atoms with Gasteiger partial charge in [-0.25, -0.2) is 0 Å². The summed E-state index contributed by atoms with van der Waals surface area (Å²) in [5, 5.41) is 0. The van der Waals surface area contributed by atoms with Crippen molar-refractivity contribution in [2.45, 2.75) is 348 Å². The van der Waals surface area contributed by atoms with Gasteiger partial charge in [-0.3, -0.25) is 14.4 Å². The molecule has 0 fully saturated rings. The molecule has 0 saturated heterocycles. The third-order valence-corrected chi connectivity index (χ3v) is 14.5. The summed E-state index contributed by atoms with van der Waals surface area (Å²) in [6, 6.07) is 0. The summed E-state index contributed by atoms with van der Waals surface area (Å²) in [5.41, 5.74) is 0. The molecule has 0 aromatic heterocycles. The number of hydrogen-bond acceptors (Lipinski definition) is 6. The molecule has 0 aliphatic heterocycles. The van der Waals surface area contributed by atoms with Gasteiger partial charge in [0.05, 0.1) is 0 Å². The monoisotopic (exact) mass is 1050 g/mol. The van der Waals surface area contributed by atoms with E-state index in [9.17, 15) is 14.4 Å². The fourth-order valence-electron chi connectivity index (χ4n) is 9.61. The fraction of sp³-hybridized carbons (Fsp3) is 0.812. The number of carbonyl (C=O) groups excluding carboxylic acids is 3. The molecule has 75 heavy (non-hydrogen) atoms. The van der Waals surface area contributed by atoms with E-state index < -0.39 is 6.10 Å². The second-order valence-corrected chi connectivity index (χ2v) is 22.0. The Morgan fingerprint density at radius 2 is 0.520 bits per heavy atom. The highest BCUT2D eigenvalue weighted by molar-refractivity contribution is 5.71. The Balaban J connectivity index is 4.06. The van der Waals surface area contributed by atoms with E-state index in [2.05, 4.69) is 81.5 Å². The number of ether oxygens (including phenoxy) is 3. The first-order chi connectivity index (χ1) is 37.0. The third-order valence-electron chi connectivity index (χ3n) is 14.5. The standard InChI is InChI=1S/C69H124O6/c1-4-7-10-13-16-19-21-23-25-27-29-30-31-32-33-34-35-36-37-38-39-40-41-43-44-46-48-50-53-56-59-62-68(71)74-65-66(64-73-67(70)61-58-55-52-18-15-12-9-6-3)75-69(72)63-60-57-54-51-49-47-45-42-28-26-24-22-20-17-14-11-8-5-2/h7,10,16,19,23,25-26,28-30,66H,4-6,8-9,11-15,17-18,20-22,24,27,31-65H2,1-3H3/b10-7-,19-16-,25-23-,28-26-,30-29-. The average molecular weight is 1050 g/mol. The molecule has 0 aliphatic rings. The zero-order valence-electron chi connectivity index (χ0n) is 50.1. The molecule has 0 aliphatic carbocycles. The summed E-state index contributed by atoms with van der Waals surface area (Å²) >= 11 is 0. The molecule has 0 spiro atoms. The maximum atomic E-state index is 12.9. The summed E-state index contributed by atoms with van der Waals surface area (Å²) in [7, 11) is 0. The van der Waals surface area contributed by atoms with Crippen molar-refractivity contribution in [2.75, 3.05) is 13.2 Å². The van der Waals surface area contributed by atoms with Gasteiger partial charge >= 0.3 is 17.9 Å². The minimum Gasteiger partial charge on any atom is -0.462 e. The Morgan fingerprint density at radius 3 is 0.827 bits per heavy atom. The van der Waals surface area contributed by atoms with Crippen molar-refractivity contribution in [3.63, 3.8) is 0 Å². The Bertz CT molecular complexity index is 1340. The summed E-state index contributed by atoms with van der Waals surface area (Å²) in [5.74, 6) is -0.861. The predicted molar refractivity (Wildman–Crippen MR) is 325 cm³/mol. The predicted octanol–water partition coefficient (Wildman–Crippen LogP) is 22.3. The average Bonchev–Trinajstić information content (AvgIpc) is 3.41. The molecule has 0 rings (SSSR count). The molecule has 0 aromatic carbocycles. The van der Waals surface area contributed by atoms with Gasteiger partial charge in [0.15, 0.2) is 6.10 Å². The van der Waals surface area contributed by atoms with Crippen molar-refractivity contribution in [3.8, 4) is 0 Å². The van der Waals surface area contributed by atoms with Gasteiger partial charge in [0, 0.05) is 19.3 Å². The molecule has 6 nitrogen and oxygen atoms in total. The fourth-order valence-corrected chi connectivity index (χ4v) is 9.61. The van der Waals surface area contributed by atoms with E-state index in [1.54, 1.807) is 0 Å². The molecular weight excluding hydrogens is 925 g/mol. The van der Waals surface area contributed by atoms with Gasteiger partial charge in [-0.15, -0.1) is 0 Å². The lowest BCUT2D eigenvalue weighted by Gasteiger charge is -2.18. The maximum absolute atomic E-state index is 12.9. The smallest absolute Gasteiger partial charge is 0.306 e. The molecular formula is C69H124O6. The molecule has 436 valence electrons. The molecule has 1 unspecified atom stereocenters. The Kier molecular flexibility index (Phi) is 61.2. The number of allylic oxidation sites excluding steroid dienone is 10. The Morgan fingerprint density at radius 1 is 0.280 bits per heavy atom. The van der Waals surface area contributed by atoms with Crippen LogP contribution in [0.2, 0.25) is 0 Å². The summed E-state index contributed by atoms with van der Waals surface area (Å²) in [4.78, 5) is 38.1. The molecule has 6 heteroatoms. The molecule has 0 aromatic rings. The quantitative estimate of drug-likeness (QED) is 0.0261. The zero-order valence-corrected chi connectivity index (χ0v) is 50.1. The second-order valence-electron chi connectivity index (χ2n) is 22.0. The first-order valence-corrected chi connectivity index (χ1v) is 32.8. The van der Waals surface area contributed by atoms with E-state index >= 15 is 0 Å². The maximum Gasteiger partial charge on any atom is 0.306 e. The number of unbranched alkanes of at least 4 members (excludes halogenated alkanes) is 39. The molecule has 0 bridgehead atoms. The van der Waals surface area contributed by atoms with Crippen LogP contribution in [0, 0.1) is 0 Å². The van der Waals surface area contributed by atoms with E-state index in [1.165, 1.54) is 218 Å². The van der Waals surface area contributed by atoms with E-state index in [-0.39, 0.29) is 31.1 Å². The van der Waals surface area contributed by atoms with Crippen LogP contribution in [0.1, 0.15) is 342 Å². The minimum absolute atomic E-state index is 0.0709. The third kappa shape index (κ3) is 61.8. The molecule has 0 radical (unpaired) electrons. The van der Waals surface area contributed by atoms with E-state index in [0.717, 1.165) is 83.5 Å². The van der Waals surface area contributed by atoms with Crippen molar-refractivity contribution in [3.05, 3.63) is 60.8 Å². The van der Waals surface area contributed by atoms with Crippen LogP contribution in [0.15, 0.2) is 60.8 Å². The second kappa shape index (κ2) is 63.6. The van der Waals surface area contributed by atoms with Crippen LogP contribution in [0.25, 0.3) is 0 Å². The lowest BCUT2D eigenvalue weighted by molar-refractivity contribution is -0.167. The number of hydrogen-bond donors (Lipinski definition) is 0. The van der Waals surface area contributed by atoms with Crippen molar-refractivity contribution in [2.24, 2.45) is 0 Å². The molecule has 1 atom stereocenters. The lowest BCUT2D eigenvalue weighted by Crippen LogP contribution is -2.30. The van der Waals surface area contributed by atoms with Crippen molar-refractivity contribution in [1.82, 2.24) is 0 Å². The molecule has 0 saturated carbocycles. The summed E-state index contributed by atoms with van der Waals surface area (Å²) < 4.78 is 16.9. The van der Waals surface area contributed by atoms with Gasteiger partial charge in [-0.1, -0.05) is 300 Å². The summed E-state index contributed by atoms with van der Waals surface area (Å²) in [6.07, 6.45) is 81.2. The van der Waals surface area contributed by atoms with Crippen LogP contribution in [-0.4, -0.2) is 37.2 Å². The zero-order chi connectivity index (χ0) is 54.3. The van der Waals surface area contributed by atoms with Crippen LogP contribution in [0.4, 0.5) is 0 Å². The Hall–Kier alpha value is -2.89. The first-order valence-electron chi connectivity index (χ1n) is 32.8. The van der Waals surface area contributed by atoms with Crippen molar-refractivity contribution >= 4 is 17.9 Å².